The first-order valence-corrected chi connectivity index (χ1v) is 6.23. The fourth-order valence-electron chi connectivity index (χ4n) is 2.01. The number of ether oxygens (including phenoxy) is 2. The standard InChI is InChI=1S/C14H19NO4/c1-14(13(16)17,15(2)3)7-6-10-4-5-11-12(8-10)19-9-18-11/h4-5,8H,6-7,9H2,1-3H3,(H,16,17). The second kappa shape index (κ2) is 5.09. The van der Waals surface area contributed by atoms with Crippen molar-refractivity contribution in [2.45, 2.75) is 25.3 Å². The summed E-state index contributed by atoms with van der Waals surface area (Å²) in [5.74, 6) is 0.676. The van der Waals surface area contributed by atoms with Crippen LogP contribution in [0.5, 0.6) is 11.5 Å². The van der Waals surface area contributed by atoms with Crippen molar-refractivity contribution < 1.29 is 19.4 Å². The molecule has 1 aliphatic heterocycles. The summed E-state index contributed by atoms with van der Waals surface area (Å²) in [6, 6.07) is 5.73. The number of hydrogen-bond acceptors (Lipinski definition) is 4. The van der Waals surface area contributed by atoms with Crippen LogP contribution in [0.1, 0.15) is 18.9 Å². The normalized spacial score (nSPS) is 16.4. The van der Waals surface area contributed by atoms with Crippen molar-refractivity contribution in [3.8, 4) is 11.5 Å². The van der Waals surface area contributed by atoms with E-state index in [9.17, 15) is 9.90 Å². The van der Waals surface area contributed by atoms with Gasteiger partial charge in [-0.3, -0.25) is 9.69 Å². The van der Waals surface area contributed by atoms with Crippen molar-refractivity contribution in [3.63, 3.8) is 0 Å². The Morgan fingerprint density at radius 2 is 2.05 bits per heavy atom. The van der Waals surface area contributed by atoms with Crippen LogP contribution in [-0.4, -0.2) is 42.4 Å². The van der Waals surface area contributed by atoms with Gasteiger partial charge >= 0.3 is 5.97 Å². The first kappa shape index (κ1) is 13.7. The summed E-state index contributed by atoms with van der Waals surface area (Å²) in [5.41, 5.74) is 0.190. The maximum absolute atomic E-state index is 11.4. The first-order valence-electron chi connectivity index (χ1n) is 6.23. The summed E-state index contributed by atoms with van der Waals surface area (Å²) in [5, 5.41) is 9.35. The van der Waals surface area contributed by atoms with E-state index in [0.29, 0.717) is 12.8 Å². The van der Waals surface area contributed by atoms with Crippen LogP contribution in [-0.2, 0) is 11.2 Å². The second-order valence-electron chi connectivity index (χ2n) is 5.16. The summed E-state index contributed by atoms with van der Waals surface area (Å²) in [7, 11) is 3.57. The summed E-state index contributed by atoms with van der Waals surface area (Å²) in [6.45, 7) is 1.99. The molecule has 0 radical (unpaired) electrons. The molecule has 1 aromatic rings. The van der Waals surface area contributed by atoms with Crippen LogP contribution in [0.3, 0.4) is 0 Å². The van der Waals surface area contributed by atoms with Crippen LogP contribution in [0, 0.1) is 0 Å². The molecule has 2 rings (SSSR count). The quantitative estimate of drug-likeness (QED) is 0.879. The second-order valence-corrected chi connectivity index (χ2v) is 5.16. The Kier molecular flexibility index (Phi) is 3.66. The summed E-state index contributed by atoms with van der Waals surface area (Å²) < 4.78 is 10.6. The van der Waals surface area contributed by atoms with Crippen molar-refractivity contribution in [1.29, 1.82) is 0 Å². The van der Waals surface area contributed by atoms with Gasteiger partial charge in [0.15, 0.2) is 11.5 Å². The van der Waals surface area contributed by atoms with Gasteiger partial charge in [0.25, 0.3) is 0 Å². The number of carboxylic acids is 1. The van der Waals surface area contributed by atoms with E-state index in [-0.39, 0.29) is 6.79 Å². The third-order valence-corrected chi connectivity index (χ3v) is 3.79. The number of hydrogen-bond donors (Lipinski definition) is 1. The van der Waals surface area contributed by atoms with Gasteiger partial charge in [-0.05, 0) is 51.6 Å². The predicted molar refractivity (Wildman–Crippen MR) is 70.6 cm³/mol. The number of likely N-dealkylation sites (N-methyl/N-ethyl adjacent to an activating group) is 1. The van der Waals surface area contributed by atoms with E-state index in [0.717, 1.165) is 17.1 Å². The average molecular weight is 265 g/mol. The molecule has 1 aliphatic rings. The Bertz CT molecular complexity index is 486. The molecule has 0 fully saturated rings. The monoisotopic (exact) mass is 265 g/mol. The lowest BCUT2D eigenvalue weighted by atomic mass is 9.92. The van der Waals surface area contributed by atoms with Gasteiger partial charge < -0.3 is 14.6 Å². The van der Waals surface area contributed by atoms with Crippen molar-refractivity contribution >= 4 is 5.97 Å². The topological polar surface area (TPSA) is 59.0 Å². The number of fused-ring (bicyclic) bond motifs is 1. The molecule has 0 saturated heterocycles. The van der Waals surface area contributed by atoms with Gasteiger partial charge in [-0.2, -0.15) is 0 Å². The van der Waals surface area contributed by atoms with E-state index in [1.165, 1.54) is 0 Å². The Hall–Kier alpha value is -1.75. The SMILES string of the molecule is CN(C)C(C)(CCc1ccc2c(c1)OCO2)C(=O)O. The molecule has 0 bridgehead atoms. The van der Waals surface area contributed by atoms with E-state index >= 15 is 0 Å². The molecule has 0 aliphatic carbocycles. The largest absolute Gasteiger partial charge is 0.480 e. The highest BCUT2D eigenvalue weighted by Gasteiger charge is 2.35. The molecular weight excluding hydrogens is 246 g/mol. The van der Waals surface area contributed by atoms with Crippen molar-refractivity contribution in [1.82, 2.24) is 4.90 Å². The molecule has 1 N–H and O–H groups in total. The minimum Gasteiger partial charge on any atom is -0.480 e. The van der Waals surface area contributed by atoms with E-state index in [1.807, 2.05) is 18.2 Å². The maximum Gasteiger partial charge on any atom is 0.323 e. The molecule has 1 aromatic carbocycles. The van der Waals surface area contributed by atoms with Gasteiger partial charge in [0.2, 0.25) is 6.79 Å². The molecule has 0 aromatic heterocycles. The number of carbonyl (C=O) groups is 1. The van der Waals surface area contributed by atoms with Crippen molar-refractivity contribution in [2.75, 3.05) is 20.9 Å². The Morgan fingerprint density at radius 1 is 1.37 bits per heavy atom. The molecule has 1 atom stereocenters. The Morgan fingerprint density at radius 3 is 2.68 bits per heavy atom. The molecular formula is C14H19NO4. The first-order chi connectivity index (χ1) is 8.93. The van der Waals surface area contributed by atoms with Gasteiger partial charge in [-0.15, -0.1) is 0 Å². The molecule has 0 spiro atoms. The third-order valence-electron chi connectivity index (χ3n) is 3.79. The molecule has 5 heteroatoms. The highest BCUT2D eigenvalue weighted by Crippen LogP contribution is 2.33. The smallest absolute Gasteiger partial charge is 0.323 e. The molecule has 104 valence electrons. The lowest BCUT2D eigenvalue weighted by Crippen LogP contribution is -2.48. The van der Waals surface area contributed by atoms with Gasteiger partial charge in [0.1, 0.15) is 5.54 Å². The summed E-state index contributed by atoms with van der Waals surface area (Å²) in [4.78, 5) is 13.1. The van der Waals surface area contributed by atoms with Crippen LogP contribution in [0.15, 0.2) is 18.2 Å². The number of carboxylic acid groups (broad SMARTS) is 1. The van der Waals surface area contributed by atoms with Crippen molar-refractivity contribution in [2.24, 2.45) is 0 Å². The number of aliphatic carboxylic acids is 1. The fourth-order valence-corrected chi connectivity index (χ4v) is 2.01. The molecule has 0 saturated carbocycles. The summed E-state index contributed by atoms with van der Waals surface area (Å²) in [6.07, 6.45) is 1.21. The number of nitrogens with zero attached hydrogens (tertiary/aromatic N) is 1. The van der Waals surface area contributed by atoms with Gasteiger partial charge in [0.05, 0.1) is 0 Å². The highest BCUT2D eigenvalue weighted by atomic mass is 16.7. The van der Waals surface area contributed by atoms with E-state index < -0.39 is 11.5 Å². The zero-order chi connectivity index (χ0) is 14.0. The lowest BCUT2D eigenvalue weighted by Gasteiger charge is -2.32. The van der Waals surface area contributed by atoms with Gasteiger partial charge in [-0.1, -0.05) is 6.07 Å². The van der Waals surface area contributed by atoms with Crippen molar-refractivity contribution in [3.05, 3.63) is 23.8 Å². The van der Waals surface area contributed by atoms with E-state index in [1.54, 1.807) is 25.9 Å². The maximum atomic E-state index is 11.4. The number of rotatable bonds is 5. The molecule has 0 amide bonds. The van der Waals surface area contributed by atoms with E-state index in [4.69, 9.17) is 9.47 Å². The molecule has 1 heterocycles. The minimum atomic E-state index is -0.865. The molecule has 5 nitrogen and oxygen atoms in total. The van der Waals surface area contributed by atoms with E-state index in [2.05, 4.69) is 0 Å². The molecule has 1 unspecified atom stereocenters. The fraction of sp³-hybridized carbons (Fsp3) is 0.500. The van der Waals surface area contributed by atoms with Crippen LogP contribution in [0.4, 0.5) is 0 Å². The Balaban J connectivity index is 2.07. The van der Waals surface area contributed by atoms with Crippen LogP contribution in [0.25, 0.3) is 0 Å². The zero-order valence-electron chi connectivity index (χ0n) is 11.5. The van der Waals surface area contributed by atoms with Crippen LogP contribution in [0.2, 0.25) is 0 Å². The third kappa shape index (κ3) is 2.66. The van der Waals surface area contributed by atoms with Gasteiger partial charge in [-0.25, -0.2) is 0 Å². The van der Waals surface area contributed by atoms with Gasteiger partial charge in [0, 0.05) is 0 Å². The van der Waals surface area contributed by atoms with Crippen LogP contribution >= 0.6 is 0 Å². The van der Waals surface area contributed by atoms with Crippen LogP contribution < -0.4 is 9.47 Å². The zero-order valence-corrected chi connectivity index (χ0v) is 11.5. The summed E-state index contributed by atoms with van der Waals surface area (Å²) >= 11 is 0. The molecule has 19 heavy (non-hydrogen) atoms. The average Bonchev–Trinajstić information content (AvgIpc) is 2.82. The number of benzene rings is 1. The minimum absolute atomic E-state index is 0.253. The Labute approximate surface area is 112 Å². The highest BCUT2D eigenvalue weighted by molar-refractivity contribution is 5.78. The lowest BCUT2D eigenvalue weighted by molar-refractivity contribution is -0.149. The number of aryl methyl sites for hydroxylation is 1. The predicted octanol–water partition coefficient (Wildman–Crippen LogP) is 1.75.